The van der Waals surface area contributed by atoms with Crippen molar-refractivity contribution < 1.29 is 9.90 Å². The van der Waals surface area contributed by atoms with Crippen LogP contribution in [0.25, 0.3) is 0 Å². The van der Waals surface area contributed by atoms with Crippen LogP contribution < -0.4 is 10.6 Å². The van der Waals surface area contributed by atoms with Crippen LogP contribution in [-0.4, -0.2) is 17.6 Å². The lowest BCUT2D eigenvalue weighted by molar-refractivity contribution is 0.0698. The molecule has 5 nitrogen and oxygen atoms in total. The lowest BCUT2D eigenvalue weighted by Crippen LogP contribution is -2.18. The van der Waals surface area contributed by atoms with E-state index in [2.05, 4.69) is 6.07 Å². The monoisotopic (exact) mass is 281 g/mol. The van der Waals surface area contributed by atoms with Gasteiger partial charge in [0.05, 0.1) is 18.1 Å². The summed E-state index contributed by atoms with van der Waals surface area (Å²) in [5.74, 6) is -1.05. The third-order valence-corrected chi connectivity index (χ3v) is 3.09. The van der Waals surface area contributed by atoms with Crippen molar-refractivity contribution in [3.8, 4) is 6.07 Å². The summed E-state index contributed by atoms with van der Waals surface area (Å²) < 4.78 is 0. The van der Waals surface area contributed by atoms with Gasteiger partial charge in [0.2, 0.25) is 0 Å². The topological polar surface area (TPSA) is 90.3 Å². The second-order valence-corrected chi connectivity index (χ2v) is 4.47. The number of hydrogen-bond donors (Lipinski definition) is 2. The highest BCUT2D eigenvalue weighted by Crippen LogP contribution is 2.28. The van der Waals surface area contributed by atoms with Crippen LogP contribution in [0.3, 0.4) is 0 Å². The van der Waals surface area contributed by atoms with Gasteiger partial charge in [-0.3, -0.25) is 0 Å². The van der Waals surface area contributed by atoms with Crippen LogP contribution in [-0.2, 0) is 0 Å². The Morgan fingerprint density at radius 3 is 2.48 bits per heavy atom. The number of carboxylic acid groups (broad SMARTS) is 1. The number of carbonyl (C=O) groups is 1. The molecule has 0 saturated carbocycles. The molecule has 0 unspecified atom stereocenters. The van der Waals surface area contributed by atoms with Gasteiger partial charge in [0.15, 0.2) is 0 Å². The van der Waals surface area contributed by atoms with Crippen LogP contribution in [0.1, 0.15) is 16.8 Å². The number of rotatable bonds is 5. The molecule has 0 spiro atoms. The number of nitrogens with two attached hydrogens (primary N) is 1. The Bertz CT molecular complexity index is 678. The number of para-hydroxylation sites is 1. The van der Waals surface area contributed by atoms with E-state index in [4.69, 9.17) is 16.1 Å². The van der Waals surface area contributed by atoms with E-state index >= 15 is 0 Å². The molecule has 0 radical (unpaired) electrons. The number of benzene rings is 2. The molecular formula is C16H15N3O2. The van der Waals surface area contributed by atoms with E-state index in [0.29, 0.717) is 13.0 Å². The zero-order chi connectivity index (χ0) is 15.2. The van der Waals surface area contributed by atoms with E-state index in [1.54, 1.807) is 12.1 Å². The van der Waals surface area contributed by atoms with Crippen LogP contribution in [0.4, 0.5) is 17.1 Å². The summed E-state index contributed by atoms with van der Waals surface area (Å²) in [7, 11) is 0. The maximum absolute atomic E-state index is 11.0. The summed E-state index contributed by atoms with van der Waals surface area (Å²) in [6.07, 6.45) is 0.357. The average Bonchev–Trinajstić information content (AvgIpc) is 2.48. The van der Waals surface area contributed by atoms with E-state index in [1.165, 1.54) is 6.07 Å². The minimum Gasteiger partial charge on any atom is -0.478 e. The Hall–Kier alpha value is -3.00. The number of aromatic carboxylic acids is 1. The second-order valence-electron chi connectivity index (χ2n) is 4.47. The fraction of sp³-hybridized carbons (Fsp3) is 0.125. The molecule has 3 N–H and O–H groups in total. The Labute approximate surface area is 122 Å². The van der Waals surface area contributed by atoms with Gasteiger partial charge in [-0.25, -0.2) is 4.79 Å². The third-order valence-electron chi connectivity index (χ3n) is 3.09. The molecule has 0 aliphatic heterocycles. The standard InChI is InChI=1S/C16H15N3O2/c17-9-4-10-19(12-5-2-1-3-6-12)13-7-8-14(16(20)21)15(18)11-13/h1-3,5-8,11H,4,10,18H2,(H,20,21). The first-order valence-corrected chi connectivity index (χ1v) is 6.46. The highest BCUT2D eigenvalue weighted by molar-refractivity contribution is 5.94. The van der Waals surface area contributed by atoms with Crippen molar-refractivity contribution in [1.82, 2.24) is 0 Å². The first-order chi connectivity index (χ1) is 10.1. The molecule has 0 heterocycles. The molecule has 5 heteroatoms. The Kier molecular flexibility index (Phi) is 4.42. The minimum atomic E-state index is -1.05. The number of anilines is 3. The maximum Gasteiger partial charge on any atom is 0.337 e. The van der Waals surface area contributed by atoms with Crippen LogP contribution in [0.2, 0.25) is 0 Å². The number of hydrogen-bond acceptors (Lipinski definition) is 4. The van der Waals surface area contributed by atoms with Crippen molar-refractivity contribution in [2.45, 2.75) is 6.42 Å². The Balaban J connectivity index is 2.40. The summed E-state index contributed by atoms with van der Waals surface area (Å²) in [6.45, 7) is 0.506. The van der Waals surface area contributed by atoms with Crippen LogP contribution in [0.5, 0.6) is 0 Å². The van der Waals surface area contributed by atoms with E-state index in [-0.39, 0.29) is 11.3 Å². The van der Waals surface area contributed by atoms with Gasteiger partial charge in [0, 0.05) is 23.6 Å². The zero-order valence-electron chi connectivity index (χ0n) is 11.4. The van der Waals surface area contributed by atoms with E-state index in [1.807, 2.05) is 35.2 Å². The molecule has 0 bridgehead atoms. The molecule has 2 rings (SSSR count). The largest absolute Gasteiger partial charge is 0.478 e. The van der Waals surface area contributed by atoms with E-state index < -0.39 is 5.97 Å². The predicted molar refractivity (Wildman–Crippen MR) is 81.5 cm³/mol. The number of nitrogen functional groups attached to an aromatic ring is 1. The molecule has 0 aliphatic rings. The minimum absolute atomic E-state index is 0.0760. The first-order valence-electron chi connectivity index (χ1n) is 6.46. The summed E-state index contributed by atoms with van der Waals surface area (Å²) in [5, 5.41) is 17.8. The average molecular weight is 281 g/mol. The highest BCUT2D eigenvalue weighted by atomic mass is 16.4. The van der Waals surface area contributed by atoms with Crippen LogP contribution >= 0.6 is 0 Å². The normalized spacial score (nSPS) is 9.86. The summed E-state index contributed by atoms with van der Waals surface area (Å²) in [4.78, 5) is 12.9. The first kappa shape index (κ1) is 14.4. The van der Waals surface area contributed by atoms with Gasteiger partial charge in [-0.15, -0.1) is 0 Å². The summed E-state index contributed by atoms with van der Waals surface area (Å²) in [6, 6.07) is 16.5. The fourth-order valence-electron chi connectivity index (χ4n) is 2.09. The van der Waals surface area contributed by atoms with Gasteiger partial charge < -0.3 is 15.7 Å². The molecule has 2 aromatic rings. The van der Waals surface area contributed by atoms with Crippen molar-refractivity contribution in [1.29, 1.82) is 5.26 Å². The number of nitrogens with zero attached hydrogens (tertiary/aromatic N) is 2. The molecular weight excluding hydrogens is 266 g/mol. The van der Waals surface area contributed by atoms with Gasteiger partial charge in [-0.05, 0) is 30.3 Å². The van der Waals surface area contributed by atoms with Gasteiger partial charge in [0.25, 0.3) is 0 Å². The SMILES string of the molecule is N#CCCN(c1ccccc1)c1ccc(C(=O)O)c(N)c1. The predicted octanol–water partition coefficient (Wildman–Crippen LogP) is 3.02. The molecule has 0 fully saturated rings. The smallest absolute Gasteiger partial charge is 0.337 e. The molecule has 2 aromatic carbocycles. The maximum atomic E-state index is 11.0. The third kappa shape index (κ3) is 3.31. The van der Waals surface area contributed by atoms with Crippen LogP contribution in [0, 0.1) is 11.3 Å². The second kappa shape index (κ2) is 6.44. The van der Waals surface area contributed by atoms with Gasteiger partial charge in [-0.2, -0.15) is 5.26 Å². The molecule has 106 valence electrons. The lowest BCUT2D eigenvalue weighted by atomic mass is 10.1. The van der Waals surface area contributed by atoms with Crippen molar-refractivity contribution in [3.05, 3.63) is 54.1 Å². The fourth-order valence-corrected chi connectivity index (χ4v) is 2.09. The van der Waals surface area contributed by atoms with E-state index in [9.17, 15) is 4.79 Å². The lowest BCUT2D eigenvalue weighted by Gasteiger charge is -2.24. The molecule has 0 atom stereocenters. The molecule has 0 amide bonds. The molecule has 0 saturated heterocycles. The van der Waals surface area contributed by atoms with Gasteiger partial charge >= 0.3 is 5.97 Å². The molecule has 0 aromatic heterocycles. The van der Waals surface area contributed by atoms with E-state index in [0.717, 1.165) is 11.4 Å². The number of carboxylic acids is 1. The highest BCUT2D eigenvalue weighted by Gasteiger charge is 2.13. The van der Waals surface area contributed by atoms with Crippen molar-refractivity contribution in [3.63, 3.8) is 0 Å². The summed E-state index contributed by atoms with van der Waals surface area (Å²) in [5.41, 5.74) is 7.77. The van der Waals surface area contributed by atoms with Crippen molar-refractivity contribution >= 4 is 23.0 Å². The van der Waals surface area contributed by atoms with Crippen molar-refractivity contribution in [2.75, 3.05) is 17.2 Å². The Morgan fingerprint density at radius 1 is 1.19 bits per heavy atom. The van der Waals surface area contributed by atoms with Gasteiger partial charge in [-0.1, -0.05) is 18.2 Å². The zero-order valence-corrected chi connectivity index (χ0v) is 11.4. The Morgan fingerprint density at radius 2 is 1.90 bits per heavy atom. The number of nitriles is 1. The molecule has 21 heavy (non-hydrogen) atoms. The van der Waals surface area contributed by atoms with Crippen LogP contribution in [0.15, 0.2) is 48.5 Å². The van der Waals surface area contributed by atoms with Gasteiger partial charge in [0.1, 0.15) is 0 Å². The van der Waals surface area contributed by atoms with Crippen molar-refractivity contribution in [2.24, 2.45) is 0 Å². The summed E-state index contributed by atoms with van der Waals surface area (Å²) >= 11 is 0. The molecule has 0 aliphatic carbocycles. The quantitative estimate of drug-likeness (QED) is 0.822.